The summed E-state index contributed by atoms with van der Waals surface area (Å²) in [6.45, 7) is 8.79. The lowest BCUT2D eigenvalue weighted by molar-refractivity contribution is 0.0582. The fourth-order valence-electron chi connectivity index (χ4n) is 4.20. The number of nitrogens with two attached hydrogens (primary N) is 2. The Morgan fingerprint density at radius 1 is 1.12 bits per heavy atom. The van der Waals surface area contributed by atoms with Crippen LogP contribution in [-0.2, 0) is 24.3 Å². The standard InChI is InChI=1S/C26H33N5O2/c1-5-33-14-22-30-23-24(31(22)15-26(3,4)32)20-10-9-18(13-21(20)29-25(23)28)11-17-7-6-8-19(12-17)16(2)27/h6-10,12-13,16,32H,5,11,14-15,27H2,1-4H3,(H2,28,29). The molecule has 0 spiro atoms. The van der Waals surface area contributed by atoms with Crippen molar-refractivity contribution in [1.29, 1.82) is 0 Å². The van der Waals surface area contributed by atoms with Crippen molar-refractivity contribution in [1.82, 2.24) is 14.5 Å². The van der Waals surface area contributed by atoms with Gasteiger partial charge in [-0.1, -0.05) is 36.4 Å². The number of hydrogen-bond donors (Lipinski definition) is 3. The maximum Gasteiger partial charge on any atom is 0.152 e. The first kappa shape index (κ1) is 23.2. The van der Waals surface area contributed by atoms with Crippen LogP contribution in [0.4, 0.5) is 5.82 Å². The summed E-state index contributed by atoms with van der Waals surface area (Å²) < 4.78 is 7.64. The summed E-state index contributed by atoms with van der Waals surface area (Å²) in [7, 11) is 0. The Hall–Kier alpha value is -3.00. The van der Waals surface area contributed by atoms with E-state index in [0.29, 0.717) is 31.1 Å². The number of nitrogens with zero attached hydrogens (tertiary/aromatic N) is 3. The van der Waals surface area contributed by atoms with Gasteiger partial charge < -0.3 is 25.9 Å². The molecule has 174 valence electrons. The van der Waals surface area contributed by atoms with E-state index in [1.54, 1.807) is 13.8 Å². The van der Waals surface area contributed by atoms with E-state index in [2.05, 4.69) is 41.4 Å². The molecule has 4 aromatic rings. The zero-order chi connectivity index (χ0) is 23.8. The SMILES string of the molecule is CCOCc1nc2c(N)nc3cc(Cc4cccc(C(C)N)c4)ccc3c2n1CC(C)(C)O. The number of benzene rings is 2. The number of ether oxygens (including phenoxy) is 1. The molecule has 0 amide bonds. The van der Waals surface area contributed by atoms with E-state index in [4.69, 9.17) is 21.2 Å². The summed E-state index contributed by atoms with van der Waals surface area (Å²) in [5.41, 5.74) is 17.2. The summed E-state index contributed by atoms with van der Waals surface area (Å²) in [4.78, 5) is 9.39. The molecule has 7 heteroatoms. The maximum absolute atomic E-state index is 10.6. The number of anilines is 1. The molecule has 1 unspecified atom stereocenters. The van der Waals surface area contributed by atoms with Gasteiger partial charge in [-0.05, 0) is 56.9 Å². The van der Waals surface area contributed by atoms with Crippen LogP contribution in [0.1, 0.15) is 56.3 Å². The van der Waals surface area contributed by atoms with Crippen molar-refractivity contribution in [2.24, 2.45) is 5.73 Å². The van der Waals surface area contributed by atoms with E-state index < -0.39 is 5.60 Å². The molecule has 0 saturated carbocycles. The lowest BCUT2D eigenvalue weighted by Gasteiger charge is -2.20. The van der Waals surface area contributed by atoms with Gasteiger partial charge in [0, 0.05) is 18.0 Å². The third-order valence-electron chi connectivity index (χ3n) is 5.71. The molecule has 0 saturated heterocycles. The van der Waals surface area contributed by atoms with Gasteiger partial charge in [-0.15, -0.1) is 0 Å². The third-order valence-corrected chi connectivity index (χ3v) is 5.71. The second-order valence-corrected chi connectivity index (χ2v) is 9.32. The first-order valence-corrected chi connectivity index (χ1v) is 11.4. The van der Waals surface area contributed by atoms with Crippen LogP contribution < -0.4 is 11.5 Å². The molecule has 0 aliphatic heterocycles. The minimum atomic E-state index is -0.927. The lowest BCUT2D eigenvalue weighted by Crippen LogP contribution is -2.27. The lowest BCUT2D eigenvalue weighted by atomic mass is 9.99. The van der Waals surface area contributed by atoms with Crippen LogP contribution in [0.3, 0.4) is 0 Å². The molecule has 0 aliphatic rings. The van der Waals surface area contributed by atoms with Crippen molar-refractivity contribution in [3.8, 4) is 0 Å². The van der Waals surface area contributed by atoms with Gasteiger partial charge in [-0.2, -0.15) is 0 Å². The fourth-order valence-corrected chi connectivity index (χ4v) is 4.20. The van der Waals surface area contributed by atoms with Crippen LogP contribution in [0, 0.1) is 0 Å². The number of aromatic nitrogens is 3. The average molecular weight is 448 g/mol. The monoisotopic (exact) mass is 447 g/mol. The molecule has 5 N–H and O–H groups in total. The Balaban J connectivity index is 1.82. The largest absolute Gasteiger partial charge is 0.389 e. The molecule has 0 aliphatic carbocycles. The number of fused-ring (bicyclic) bond motifs is 3. The summed E-state index contributed by atoms with van der Waals surface area (Å²) in [6, 6.07) is 14.6. The van der Waals surface area contributed by atoms with E-state index in [9.17, 15) is 5.11 Å². The van der Waals surface area contributed by atoms with E-state index >= 15 is 0 Å². The van der Waals surface area contributed by atoms with Crippen molar-refractivity contribution in [3.05, 3.63) is 65.0 Å². The normalized spacial score (nSPS) is 13.2. The minimum Gasteiger partial charge on any atom is -0.389 e. The topological polar surface area (TPSA) is 112 Å². The van der Waals surface area contributed by atoms with Gasteiger partial charge in [0.2, 0.25) is 0 Å². The number of nitrogen functional groups attached to an aromatic ring is 1. The Morgan fingerprint density at radius 2 is 1.88 bits per heavy atom. The first-order chi connectivity index (χ1) is 15.7. The van der Waals surface area contributed by atoms with Crippen molar-refractivity contribution in [2.45, 2.75) is 58.9 Å². The highest BCUT2D eigenvalue weighted by Crippen LogP contribution is 2.31. The van der Waals surface area contributed by atoms with Gasteiger partial charge in [-0.25, -0.2) is 9.97 Å². The van der Waals surface area contributed by atoms with Crippen LogP contribution in [0.15, 0.2) is 42.5 Å². The van der Waals surface area contributed by atoms with Gasteiger partial charge in [0.1, 0.15) is 17.9 Å². The highest BCUT2D eigenvalue weighted by molar-refractivity contribution is 6.06. The molecule has 2 aromatic carbocycles. The van der Waals surface area contributed by atoms with E-state index in [-0.39, 0.29) is 6.04 Å². The average Bonchev–Trinajstić information content (AvgIpc) is 3.10. The van der Waals surface area contributed by atoms with Gasteiger partial charge in [-0.3, -0.25) is 0 Å². The van der Waals surface area contributed by atoms with Gasteiger partial charge >= 0.3 is 0 Å². The zero-order valence-corrected chi connectivity index (χ0v) is 19.8. The minimum absolute atomic E-state index is 0.00162. The Labute approximate surface area is 194 Å². The second-order valence-electron chi connectivity index (χ2n) is 9.32. The predicted octanol–water partition coefficient (Wildman–Crippen LogP) is 4.08. The molecular formula is C26H33N5O2. The zero-order valence-electron chi connectivity index (χ0n) is 19.8. The maximum atomic E-state index is 10.6. The van der Waals surface area contributed by atoms with Gasteiger partial charge in [0.25, 0.3) is 0 Å². The van der Waals surface area contributed by atoms with E-state index in [1.165, 1.54) is 5.56 Å². The molecule has 0 bridgehead atoms. The van der Waals surface area contributed by atoms with Crippen molar-refractivity contribution in [3.63, 3.8) is 0 Å². The molecule has 7 nitrogen and oxygen atoms in total. The summed E-state index contributed by atoms with van der Waals surface area (Å²) >= 11 is 0. The van der Waals surface area contributed by atoms with Gasteiger partial charge in [0.05, 0.1) is 23.2 Å². The molecule has 0 radical (unpaired) electrons. The second kappa shape index (κ2) is 9.09. The summed E-state index contributed by atoms with van der Waals surface area (Å²) in [5.74, 6) is 1.10. The number of hydrogen-bond acceptors (Lipinski definition) is 6. The van der Waals surface area contributed by atoms with Crippen LogP contribution in [0.5, 0.6) is 0 Å². The highest BCUT2D eigenvalue weighted by Gasteiger charge is 2.22. The smallest absolute Gasteiger partial charge is 0.152 e. The fraction of sp³-hybridized carbons (Fsp3) is 0.385. The van der Waals surface area contributed by atoms with E-state index in [0.717, 1.165) is 39.8 Å². The molecule has 2 aromatic heterocycles. The molecular weight excluding hydrogens is 414 g/mol. The van der Waals surface area contributed by atoms with Crippen molar-refractivity contribution in [2.75, 3.05) is 12.3 Å². The van der Waals surface area contributed by atoms with E-state index in [1.807, 2.05) is 24.5 Å². The van der Waals surface area contributed by atoms with Crippen molar-refractivity contribution < 1.29 is 9.84 Å². The Morgan fingerprint density at radius 3 is 2.58 bits per heavy atom. The molecule has 33 heavy (non-hydrogen) atoms. The Bertz CT molecular complexity index is 1290. The number of aliphatic hydroxyl groups is 1. The summed E-state index contributed by atoms with van der Waals surface area (Å²) in [5, 5.41) is 11.5. The number of imidazole rings is 1. The van der Waals surface area contributed by atoms with Crippen molar-refractivity contribution >= 4 is 27.8 Å². The molecule has 2 heterocycles. The molecule has 4 rings (SSSR count). The van der Waals surface area contributed by atoms with Crippen LogP contribution in [-0.4, -0.2) is 31.8 Å². The van der Waals surface area contributed by atoms with Gasteiger partial charge in [0.15, 0.2) is 5.82 Å². The number of rotatable bonds is 8. The van der Waals surface area contributed by atoms with Crippen LogP contribution in [0.2, 0.25) is 0 Å². The molecule has 1 atom stereocenters. The summed E-state index contributed by atoms with van der Waals surface area (Å²) in [6.07, 6.45) is 0.772. The Kier molecular flexibility index (Phi) is 6.38. The quantitative estimate of drug-likeness (QED) is 0.375. The third kappa shape index (κ3) is 5.00. The highest BCUT2D eigenvalue weighted by atomic mass is 16.5. The number of pyridine rings is 1. The first-order valence-electron chi connectivity index (χ1n) is 11.4. The molecule has 0 fully saturated rings. The predicted molar refractivity (Wildman–Crippen MR) is 133 cm³/mol. The van der Waals surface area contributed by atoms with Crippen LogP contribution >= 0.6 is 0 Å². The van der Waals surface area contributed by atoms with Crippen LogP contribution in [0.25, 0.3) is 21.9 Å².